The maximum absolute atomic E-state index is 13.6. The molecule has 1 aliphatic rings. The maximum Gasteiger partial charge on any atom is 0.331 e. The van der Waals surface area contributed by atoms with Crippen molar-refractivity contribution in [3.05, 3.63) is 82.8 Å². The van der Waals surface area contributed by atoms with Gasteiger partial charge >= 0.3 is 6.03 Å². The van der Waals surface area contributed by atoms with Gasteiger partial charge in [0.2, 0.25) is 0 Å². The molecule has 2 amide bonds. The van der Waals surface area contributed by atoms with Crippen LogP contribution in [-0.4, -0.2) is 39.6 Å². The van der Waals surface area contributed by atoms with E-state index in [1.54, 1.807) is 4.90 Å². The Kier molecular flexibility index (Phi) is 5.34. The number of hydrogen-bond donors (Lipinski definition) is 1. The zero-order valence-corrected chi connectivity index (χ0v) is 18.8. The summed E-state index contributed by atoms with van der Waals surface area (Å²) in [6, 6.07) is 22.6. The van der Waals surface area contributed by atoms with E-state index in [0.717, 1.165) is 21.3 Å². The van der Waals surface area contributed by atoms with Crippen molar-refractivity contribution in [2.24, 2.45) is 0 Å². The van der Waals surface area contributed by atoms with E-state index >= 15 is 0 Å². The van der Waals surface area contributed by atoms with Gasteiger partial charge in [-0.2, -0.15) is 0 Å². The summed E-state index contributed by atoms with van der Waals surface area (Å²) in [5, 5.41) is 11.9. The third-order valence-electron chi connectivity index (χ3n) is 5.43. The average Bonchev–Trinajstić information content (AvgIpc) is 3.01. The standard InChI is InChI=1S/C23H23BBrN3O2/c1-26(2)21-5-3-4-16(14-21)23(30)15-27(19-10-6-17(24)7-11-19)22(29)28(23)20-12-8-18(25)9-13-20/h3-14,30H,15,24H2,1-2H3. The first-order chi connectivity index (χ1) is 14.3. The zero-order valence-electron chi connectivity index (χ0n) is 17.2. The molecule has 0 saturated carbocycles. The van der Waals surface area contributed by atoms with Crippen molar-refractivity contribution in [3.63, 3.8) is 0 Å². The first-order valence-corrected chi connectivity index (χ1v) is 10.5. The highest BCUT2D eigenvalue weighted by Crippen LogP contribution is 2.40. The van der Waals surface area contributed by atoms with Gasteiger partial charge in [-0.1, -0.05) is 45.7 Å². The predicted molar refractivity (Wildman–Crippen MR) is 129 cm³/mol. The first-order valence-electron chi connectivity index (χ1n) is 9.74. The summed E-state index contributed by atoms with van der Waals surface area (Å²) in [6.07, 6.45) is 0. The van der Waals surface area contributed by atoms with Crippen LogP contribution in [0.25, 0.3) is 0 Å². The van der Waals surface area contributed by atoms with E-state index in [1.807, 2.05) is 99.6 Å². The number of benzene rings is 3. The van der Waals surface area contributed by atoms with E-state index in [1.165, 1.54) is 4.90 Å². The van der Waals surface area contributed by atoms with Crippen molar-refractivity contribution in [3.8, 4) is 0 Å². The quantitative estimate of drug-likeness (QED) is 0.605. The third-order valence-corrected chi connectivity index (χ3v) is 5.95. The molecule has 1 saturated heterocycles. The molecular formula is C23H23BBrN3O2. The van der Waals surface area contributed by atoms with Gasteiger partial charge in [-0.3, -0.25) is 9.80 Å². The number of amides is 2. The van der Waals surface area contributed by atoms with Crippen LogP contribution in [0.1, 0.15) is 5.56 Å². The van der Waals surface area contributed by atoms with Crippen LogP contribution in [0.5, 0.6) is 0 Å². The van der Waals surface area contributed by atoms with Gasteiger partial charge in [-0.05, 0) is 48.5 Å². The van der Waals surface area contributed by atoms with Gasteiger partial charge in [0.25, 0.3) is 0 Å². The summed E-state index contributed by atoms with van der Waals surface area (Å²) in [5.74, 6) is 0. The van der Waals surface area contributed by atoms with E-state index in [-0.39, 0.29) is 12.6 Å². The molecule has 3 aromatic carbocycles. The van der Waals surface area contributed by atoms with Gasteiger partial charge in [-0.25, -0.2) is 4.79 Å². The van der Waals surface area contributed by atoms with Crippen LogP contribution >= 0.6 is 15.9 Å². The summed E-state index contributed by atoms with van der Waals surface area (Å²) in [4.78, 5) is 18.6. The van der Waals surface area contributed by atoms with Gasteiger partial charge in [0.05, 0.1) is 6.54 Å². The maximum atomic E-state index is 13.6. The molecule has 3 aromatic rings. The van der Waals surface area contributed by atoms with Crippen molar-refractivity contribution in [2.75, 3.05) is 35.3 Å². The van der Waals surface area contributed by atoms with Gasteiger partial charge in [-0.15, -0.1) is 0 Å². The molecule has 1 aliphatic heterocycles. The Morgan fingerprint density at radius 2 is 1.63 bits per heavy atom. The van der Waals surface area contributed by atoms with E-state index < -0.39 is 5.72 Å². The smallest absolute Gasteiger partial charge is 0.331 e. The van der Waals surface area contributed by atoms with Crippen LogP contribution < -0.4 is 20.2 Å². The van der Waals surface area contributed by atoms with Crippen molar-refractivity contribution in [1.29, 1.82) is 0 Å². The van der Waals surface area contributed by atoms with E-state index in [2.05, 4.69) is 15.9 Å². The number of carbonyl (C=O) groups excluding carboxylic acids is 1. The van der Waals surface area contributed by atoms with E-state index in [4.69, 9.17) is 0 Å². The minimum atomic E-state index is -1.51. The second-order valence-corrected chi connectivity index (χ2v) is 8.69. The van der Waals surface area contributed by atoms with Crippen molar-refractivity contribution in [2.45, 2.75) is 5.72 Å². The zero-order chi connectivity index (χ0) is 21.5. The Bertz CT molecular complexity index is 1070. The normalized spacial score (nSPS) is 18.7. The number of urea groups is 1. The summed E-state index contributed by atoms with van der Waals surface area (Å²) < 4.78 is 0.909. The highest BCUT2D eigenvalue weighted by Gasteiger charge is 2.51. The predicted octanol–water partition coefficient (Wildman–Crippen LogP) is 3.07. The van der Waals surface area contributed by atoms with Gasteiger partial charge < -0.3 is 10.0 Å². The van der Waals surface area contributed by atoms with Crippen molar-refractivity contribution in [1.82, 2.24) is 0 Å². The lowest BCUT2D eigenvalue weighted by molar-refractivity contribution is 0.0656. The SMILES string of the molecule is Bc1ccc(N2CC(O)(c3cccc(N(C)C)c3)N(c3ccc(Br)cc3)C2=O)cc1. The number of anilines is 3. The topological polar surface area (TPSA) is 47.0 Å². The molecular weight excluding hydrogens is 441 g/mol. The first kappa shape index (κ1) is 20.5. The summed E-state index contributed by atoms with van der Waals surface area (Å²) in [7, 11) is 5.91. The molecule has 1 fully saturated rings. The van der Waals surface area contributed by atoms with E-state index in [9.17, 15) is 9.90 Å². The number of rotatable bonds is 4. The van der Waals surface area contributed by atoms with E-state index in [0.29, 0.717) is 11.3 Å². The Labute approximate surface area is 186 Å². The van der Waals surface area contributed by atoms with Crippen LogP contribution in [0.2, 0.25) is 0 Å². The molecule has 1 atom stereocenters. The monoisotopic (exact) mass is 463 g/mol. The van der Waals surface area contributed by atoms with Crippen molar-refractivity contribution < 1.29 is 9.90 Å². The van der Waals surface area contributed by atoms with Crippen LogP contribution in [0.3, 0.4) is 0 Å². The molecule has 4 rings (SSSR count). The number of β-amino-alcohol motifs (C(OH)–C–C–N with tert-alkyl or cyclic N) is 1. The van der Waals surface area contributed by atoms with Crippen LogP contribution in [0.4, 0.5) is 21.9 Å². The highest BCUT2D eigenvalue weighted by molar-refractivity contribution is 9.10. The minimum absolute atomic E-state index is 0.127. The minimum Gasteiger partial charge on any atom is -0.378 e. The van der Waals surface area contributed by atoms with Crippen LogP contribution in [-0.2, 0) is 5.72 Å². The fourth-order valence-electron chi connectivity index (χ4n) is 3.73. The second-order valence-electron chi connectivity index (χ2n) is 7.78. The molecule has 1 unspecified atom stereocenters. The van der Waals surface area contributed by atoms with Gasteiger partial charge in [0, 0.05) is 41.2 Å². The molecule has 0 radical (unpaired) electrons. The molecule has 5 nitrogen and oxygen atoms in total. The van der Waals surface area contributed by atoms with Crippen LogP contribution in [0, 0.1) is 0 Å². The number of halogens is 1. The largest absolute Gasteiger partial charge is 0.378 e. The highest BCUT2D eigenvalue weighted by atomic mass is 79.9. The second kappa shape index (κ2) is 7.82. The molecule has 0 aliphatic carbocycles. The Morgan fingerprint density at radius 1 is 1.00 bits per heavy atom. The fraction of sp³-hybridized carbons (Fsp3) is 0.174. The Hall–Kier alpha value is -2.77. The molecule has 1 heterocycles. The molecule has 152 valence electrons. The summed E-state index contributed by atoms with van der Waals surface area (Å²) in [6.45, 7) is 0.127. The number of hydrogen-bond acceptors (Lipinski definition) is 3. The fourth-order valence-corrected chi connectivity index (χ4v) is 4.00. The molecule has 0 spiro atoms. The lowest BCUT2D eigenvalue weighted by atomic mass is 9.96. The van der Waals surface area contributed by atoms with Crippen molar-refractivity contribution >= 4 is 52.3 Å². The number of nitrogens with zero attached hydrogens (tertiary/aromatic N) is 3. The number of aliphatic hydroxyl groups is 1. The third kappa shape index (κ3) is 3.59. The summed E-state index contributed by atoms with van der Waals surface area (Å²) in [5.41, 5.74) is 2.62. The Morgan fingerprint density at radius 3 is 2.27 bits per heavy atom. The number of carbonyl (C=O) groups is 1. The molecule has 0 aromatic heterocycles. The van der Waals surface area contributed by atoms with Crippen LogP contribution in [0.15, 0.2) is 77.3 Å². The molecule has 1 N–H and O–H groups in total. The average molecular weight is 464 g/mol. The summed E-state index contributed by atoms with van der Waals surface area (Å²) >= 11 is 3.44. The molecule has 30 heavy (non-hydrogen) atoms. The molecule has 7 heteroatoms. The van der Waals surface area contributed by atoms with Gasteiger partial charge in [0.15, 0.2) is 5.72 Å². The molecule has 0 bridgehead atoms. The lowest BCUT2D eigenvalue weighted by Gasteiger charge is -2.33. The lowest BCUT2D eigenvalue weighted by Crippen LogP contribution is -2.45. The Balaban J connectivity index is 1.84. The van der Waals surface area contributed by atoms with Gasteiger partial charge in [0.1, 0.15) is 7.85 Å².